The summed E-state index contributed by atoms with van der Waals surface area (Å²) in [5.41, 5.74) is 6.34. The van der Waals surface area contributed by atoms with Crippen molar-refractivity contribution in [3.8, 4) is 0 Å². The molecule has 0 bridgehead atoms. The predicted molar refractivity (Wildman–Crippen MR) is 38.1 cm³/mol. The molecule has 2 saturated carbocycles. The third-order valence-electron chi connectivity index (χ3n) is 2.98. The number of hydrogen-bond donors (Lipinski definition) is 1. The summed E-state index contributed by atoms with van der Waals surface area (Å²) < 4.78 is 0. The molecule has 0 radical (unpaired) electrons. The first-order chi connectivity index (χ1) is 4.35. The van der Waals surface area contributed by atoms with Gasteiger partial charge in [-0.2, -0.15) is 0 Å². The lowest BCUT2D eigenvalue weighted by molar-refractivity contribution is 0.161. The molecule has 2 aliphatic rings. The SMILES string of the molecule is NCCC1CC2(CC2)C1. The summed E-state index contributed by atoms with van der Waals surface area (Å²) in [6, 6.07) is 0. The van der Waals surface area contributed by atoms with Gasteiger partial charge >= 0.3 is 0 Å². The second kappa shape index (κ2) is 1.72. The van der Waals surface area contributed by atoms with Crippen LogP contribution in [-0.2, 0) is 0 Å². The quantitative estimate of drug-likeness (QED) is 0.595. The van der Waals surface area contributed by atoms with Gasteiger partial charge in [0.25, 0.3) is 0 Å². The molecule has 2 fully saturated rings. The molecule has 1 nitrogen and oxygen atoms in total. The Hall–Kier alpha value is -0.0400. The number of hydrogen-bond acceptors (Lipinski definition) is 1. The van der Waals surface area contributed by atoms with E-state index in [9.17, 15) is 0 Å². The lowest BCUT2D eigenvalue weighted by Gasteiger charge is -2.35. The minimum atomic E-state index is 0.889. The van der Waals surface area contributed by atoms with Crippen LogP contribution >= 0.6 is 0 Å². The van der Waals surface area contributed by atoms with Gasteiger partial charge < -0.3 is 5.73 Å². The fraction of sp³-hybridized carbons (Fsp3) is 1.00. The van der Waals surface area contributed by atoms with Crippen molar-refractivity contribution in [3.63, 3.8) is 0 Å². The van der Waals surface area contributed by atoms with E-state index in [1.165, 1.54) is 32.1 Å². The fourth-order valence-electron chi connectivity index (χ4n) is 2.19. The molecule has 0 saturated heterocycles. The lowest BCUT2D eigenvalue weighted by atomic mass is 9.70. The first-order valence-electron chi connectivity index (χ1n) is 4.05. The number of rotatable bonds is 2. The van der Waals surface area contributed by atoms with Crippen molar-refractivity contribution >= 4 is 0 Å². The van der Waals surface area contributed by atoms with Gasteiger partial charge in [-0.15, -0.1) is 0 Å². The molecule has 52 valence electrons. The van der Waals surface area contributed by atoms with E-state index < -0.39 is 0 Å². The van der Waals surface area contributed by atoms with Crippen LogP contribution in [0.2, 0.25) is 0 Å². The van der Waals surface area contributed by atoms with Gasteiger partial charge in [0.05, 0.1) is 0 Å². The van der Waals surface area contributed by atoms with Crippen molar-refractivity contribution < 1.29 is 0 Å². The summed E-state index contributed by atoms with van der Waals surface area (Å²) in [5.74, 6) is 1.01. The zero-order valence-electron chi connectivity index (χ0n) is 5.90. The molecule has 2 N–H and O–H groups in total. The smallest absolute Gasteiger partial charge is 0.00746 e. The Labute approximate surface area is 56.6 Å². The van der Waals surface area contributed by atoms with E-state index in [2.05, 4.69) is 0 Å². The van der Waals surface area contributed by atoms with Crippen molar-refractivity contribution in [1.82, 2.24) is 0 Å². The molecular formula is C8H15N. The van der Waals surface area contributed by atoms with Crippen LogP contribution in [0.25, 0.3) is 0 Å². The summed E-state index contributed by atoms with van der Waals surface area (Å²) >= 11 is 0. The van der Waals surface area contributed by atoms with E-state index in [0.717, 1.165) is 17.9 Å². The van der Waals surface area contributed by atoms with Crippen LogP contribution in [-0.4, -0.2) is 6.54 Å². The Morgan fingerprint density at radius 3 is 2.44 bits per heavy atom. The molecule has 0 amide bonds. The zero-order valence-corrected chi connectivity index (χ0v) is 5.90. The van der Waals surface area contributed by atoms with Crippen molar-refractivity contribution in [2.45, 2.75) is 32.1 Å². The van der Waals surface area contributed by atoms with Crippen molar-refractivity contribution in [2.75, 3.05) is 6.54 Å². The highest BCUT2D eigenvalue weighted by Gasteiger charge is 2.51. The van der Waals surface area contributed by atoms with Crippen molar-refractivity contribution in [2.24, 2.45) is 17.1 Å². The van der Waals surface area contributed by atoms with Gasteiger partial charge in [-0.05, 0) is 50.0 Å². The predicted octanol–water partition coefficient (Wildman–Crippen LogP) is 1.53. The Balaban J connectivity index is 1.71. The van der Waals surface area contributed by atoms with E-state index in [1.807, 2.05) is 0 Å². The number of nitrogens with two attached hydrogens (primary N) is 1. The summed E-state index contributed by atoms with van der Waals surface area (Å²) in [6.45, 7) is 0.904. The van der Waals surface area contributed by atoms with Crippen LogP contribution in [0, 0.1) is 11.3 Å². The molecule has 0 aromatic carbocycles. The summed E-state index contributed by atoms with van der Waals surface area (Å²) in [6.07, 6.45) is 7.33. The molecule has 0 aromatic heterocycles. The van der Waals surface area contributed by atoms with Crippen molar-refractivity contribution in [1.29, 1.82) is 0 Å². The molecular weight excluding hydrogens is 110 g/mol. The topological polar surface area (TPSA) is 26.0 Å². The van der Waals surface area contributed by atoms with Crippen LogP contribution < -0.4 is 5.73 Å². The summed E-state index contributed by atoms with van der Waals surface area (Å²) in [5, 5.41) is 0. The molecule has 1 heteroatoms. The normalized spacial score (nSPS) is 30.3. The van der Waals surface area contributed by atoms with Gasteiger partial charge in [-0.3, -0.25) is 0 Å². The fourth-order valence-corrected chi connectivity index (χ4v) is 2.19. The van der Waals surface area contributed by atoms with Gasteiger partial charge in [0, 0.05) is 0 Å². The molecule has 0 heterocycles. The van der Waals surface area contributed by atoms with Crippen LogP contribution in [0.15, 0.2) is 0 Å². The molecule has 0 atom stereocenters. The van der Waals surface area contributed by atoms with Gasteiger partial charge in [0.1, 0.15) is 0 Å². The van der Waals surface area contributed by atoms with Gasteiger partial charge in [-0.25, -0.2) is 0 Å². The standard InChI is InChI=1S/C8H15N/c9-4-1-7-5-8(6-7)2-3-8/h7H,1-6,9H2. The lowest BCUT2D eigenvalue weighted by Crippen LogP contribution is -2.26. The third kappa shape index (κ3) is 0.877. The maximum Gasteiger partial charge on any atom is -0.00746 e. The Morgan fingerprint density at radius 1 is 1.33 bits per heavy atom. The zero-order chi connectivity index (χ0) is 6.32. The summed E-state index contributed by atoms with van der Waals surface area (Å²) in [4.78, 5) is 0. The second-order valence-electron chi connectivity index (χ2n) is 3.85. The Bertz CT molecular complexity index is 108. The molecule has 0 aliphatic heterocycles. The van der Waals surface area contributed by atoms with E-state index in [1.54, 1.807) is 0 Å². The molecule has 0 unspecified atom stereocenters. The highest BCUT2D eigenvalue weighted by atomic mass is 14.6. The van der Waals surface area contributed by atoms with Crippen LogP contribution in [0.3, 0.4) is 0 Å². The maximum atomic E-state index is 5.45. The van der Waals surface area contributed by atoms with E-state index in [0.29, 0.717) is 0 Å². The largest absolute Gasteiger partial charge is 0.330 e. The maximum absolute atomic E-state index is 5.45. The van der Waals surface area contributed by atoms with Gasteiger partial charge in [0.15, 0.2) is 0 Å². The second-order valence-corrected chi connectivity index (χ2v) is 3.85. The van der Waals surface area contributed by atoms with E-state index >= 15 is 0 Å². The molecule has 9 heavy (non-hydrogen) atoms. The van der Waals surface area contributed by atoms with E-state index in [-0.39, 0.29) is 0 Å². The first-order valence-corrected chi connectivity index (χ1v) is 4.05. The minimum absolute atomic E-state index is 0.889. The molecule has 2 rings (SSSR count). The average Bonchev–Trinajstić information content (AvgIpc) is 2.45. The van der Waals surface area contributed by atoms with Crippen molar-refractivity contribution in [3.05, 3.63) is 0 Å². The van der Waals surface area contributed by atoms with Crippen LogP contribution in [0.4, 0.5) is 0 Å². The van der Waals surface area contributed by atoms with E-state index in [4.69, 9.17) is 5.73 Å². The summed E-state index contributed by atoms with van der Waals surface area (Å²) in [7, 11) is 0. The van der Waals surface area contributed by atoms with Gasteiger partial charge in [-0.1, -0.05) is 0 Å². The van der Waals surface area contributed by atoms with Gasteiger partial charge in [0.2, 0.25) is 0 Å². The minimum Gasteiger partial charge on any atom is -0.330 e. The molecule has 0 aromatic rings. The molecule has 2 aliphatic carbocycles. The Morgan fingerprint density at radius 2 is 2.00 bits per heavy atom. The third-order valence-corrected chi connectivity index (χ3v) is 2.98. The molecule has 1 spiro atoms. The van der Waals surface area contributed by atoms with Crippen LogP contribution in [0.1, 0.15) is 32.1 Å². The first kappa shape index (κ1) is 5.72. The highest BCUT2D eigenvalue weighted by Crippen LogP contribution is 2.63. The average molecular weight is 125 g/mol. The Kier molecular flexibility index (Phi) is 1.10. The highest BCUT2D eigenvalue weighted by molar-refractivity contribution is 5.03. The van der Waals surface area contributed by atoms with Crippen LogP contribution in [0.5, 0.6) is 0 Å². The monoisotopic (exact) mass is 125 g/mol.